The van der Waals surface area contributed by atoms with Crippen molar-refractivity contribution in [3.63, 3.8) is 0 Å². The SMILES string of the molecule is COc1ccc(-n2ccc(C(=O)N3CCC4(CC3)CNC4)n2)cc1. The van der Waals surface area contributed by atoms with Crippen LogP contribution in [0.4, 0.5) is 0 Å². The monoisotopic (exact) mass is 326 g/mol. The molecule has 1 N–H and O–H groups in total. The molecule has 6 heteroatoms. The molecule has 6 nitrogen and oxygen atoms in total. The third-order valence-electron chi connectivity index (χ3n) is 5.26. The van der Waals surface area contributed by atoms with E-state index in [-0.39, 0.29) is 5.91 Å². The molecule has 0 radical (unpaired) electrons. The van der Waals surface area contributed by atoms with Gasteiger partial charge in [0.2, 0.25) is 0 Å². The number of piperidine rings is 1. The molecule has 1 aromatic heterocycles. The predicted molar refractivity (Wildman–Crippen MR) is 90.6 cm³/mol. The van der Waals surface area contributed by atoms with E-state index in [1.165, 1.54) is 0 Å². The summed E-state index contributed by atoms with van der Waals surface area (Å²) in [6.07, 6.45) is 4.01. The number of likely N-dealkylation sites (tertiary alicyclic amines) is 1. The van der Waals surface area contributed by atoms with Gasteiger partial charge in [0.05, 0.1) is 12.8 Å². The first kappa shape index (κ1) is 15.2. The van der Waals surface area contributed by atoms with E-state index in [1.807, 2.05) is 35.4 Å². The van der Waals surface area contributed by atoms with Crippen molar-refractivity contribution in [2.45, 2.75) is 12.8 Å². The summed E-state index contributed by atoms with van der Waals surface area (Å²) in [7, 11) is 1.64. The zero-order valence-electron chi connectivity index (χ0n) is 13.9. The Bertz CT molecular complexity index is 724. The lowest BCUT2D eigenvalue weighted by molar-refractivity contribution is 0.0410. The molecule has 4 rings (SSSR count). The summed E-state index contributed by atoms with van der Waals surface area (Å²) < 4.78 is 6.89. The van der Waals surface area contributed by atoms with Gasteiger partial charge in [-0.15, -0.1) is 0 Å². The van der Waals surface area contributed by atoms with Gasteiger partial charge in [-0.05, 0) is 48.6 Å². The van der Waals surface area contributed by atoms with Gasteiger partial charge in [0.15, 0.2) is 5.69 Å². The zero-order valence-corrected chi connectivity index (χ0v) is 13.9. The summed E-state index contributed by atoms with van der Waals surface area (Å²) >= 11 is 0. The number of benzene rings is 1. The molecule has 0 atom stereocenters. The van der Waals surface area contributed by atoms with Crippen LogP contribution in [-0.4, -0.2) is 53.9 Å². The lowest BCUT2D eigenvalue weighted by atomic mass is 9.73. The first-order chi connectivity index (χ1) is 11.7. The molecule has 2 fully saturated rings. The van der Waals surface area contributed by atoms with Crippen molar-refractivity contribution >= 4 is 5.91 Å². The van der Waals surface area contributed by atoms with Crippen molar-refractivity contribution in [2.75, 3.05) is 33.3 Å². The van der Waals surface area contributed by atoms with Crippen molar-refractivity contribution in [1.29, 1.82) is 0 Å². The van der Waals surface area contributed by atoms with Crippen LogP contribution < -0.4 is 10.1 Å². The Morgan fingerprint density at radius 1 is 1.17 bits per heavy atom. The van der Waals surface area contributed by atoms with E-state index in [0.29, 0.717) is 11.1 Å². The van der Waals surface area contributed by atoms with Crippen molar-refractivity contribution in [2.24, 2.45) is 5.41 Å². The standard InChI is InChI=1S/C18H22N4O2/c1-24-15-4-2-14(3-5-15)22-9-6-16(20-22)17(23)21-10-7-18(8-11-21)12-19-13-18/h2-6,9,19H,7-8,10-13H2,1H3. The van der Waals surface area contributed by atoms with Gasteiger partial charge < -0.3 is 15.0 Å². The minimum Gasteiger partial charge on any atom is -0.497 e. The average Bonchev–Trinajstić information content (AvgIpc) is 3.10. The van der Waals surface area contributed by atoms with Crippen LogP contribution >= 0.6 is 0 Å². The van der Waals surface area contributed by atoms with Crippen LogP contribution in [0, 0.1) is 5.41 Å². The van der Waals surface area contributed by atoms with Crippen molar-refractivity contribution in [3.8, 4) is 11.4 Å². The molecular weight excluding hydrogens is 304 g/mol. The largest absolute Gasteiger partial charge is 0.497 e. The van der Waals surface area contributed by atoms with Gasteiger partial charge in [0, 0.05) is 32.4 Å². The number of rotatable bonds is 3. The molecule has 0 aliphatic carbocycles. The fourth-order valence-electron chi connectivity index (χ4n) is 3.50. The summed E-state index contributed by atoms with van der Waals surface area (Å²) in [5.41, 5.74) is 1.86. The van der Waals surface area contributed by atoms with E-state index < -0.39 is 0 Å². The number of hydrogen-bond acceptors (Lipinski definition) is 4. The van der Waals surface area contributed by atoms with Gasteiger partial charge >= 0.3 is 0 Å². The van der Waals surface area contributed by atoms with Crippen LogP contribution in [0.3, 0.4) is 0 Å². The molecule has 2 aromatic rings. The van der Waals surface area contributed by atoms with Crippen LogP contribution in [0.2, 0.25) is 0 Å². The summed E-state index contributed by atoms with van der Waals surface area (Å²) in [4.78, 5) is 14.6. The highest BCUT2D eigenvalue weighted by Crippen LogP contribution is 2.35. The minimum atomic E-state index is 0.0318. The first-order valence-electron chi connectivity index (χ1n) is 8.39. The van der Waals surface area contributed by atoms with E-state index in [9.17, 15) is 4.79 Å². The van der Waals surface area contributed by atoms with Crippen LogP contribution in [0.5, 0.6) is 5.75 Å². The number of methoxy groups -OCH3 is 1. The Balaban J connectivity index is 1.45. The summed E-state index contributed by atoms with van der Waals surface area (Å²) in [5, 5.41) is 7.80. The second-order valence-corrected chi connectivity index (χ2v) is 6.74. The number of hydrogen-bond donors (Lipinski definition) is 1. The molecule has 1 aromatic carbocycles. The van der Waals surface area contributed by atoms with Crippen molar-refractivity contribution in [3.05, 3.63) is 42.2 Å². The number of carbonyl (C=O) groups is 1. The highest BCUT2D eigenvalue weighted by molar-refractivity contribution is 5.92. The molecule has 1 spiro atoms. The Morgan fingerprint density at radius 3 is 2.46 bits per heavy atom. The van der Waals surface area contributed by atoms with Crippen LogP contribution in [0.15, 0.2) is 36.5 Å². The number of amides is 1. The second-order valence-electron chi connectivity index (χ2n) is 6.74. The fraction of sp³-hybridized carbons (Fsp3) is 0.444. The molecule has 0 saturated carbocycles. The van der Waals surface area contributed by atoms with E-state index >= 15 is 0 Å². The predicted octanol–water partition coefficient (Wildman–Crippen LogP) is 1.71. The number of nitrogens with zero attached hydrogens (tertiary/aromatic N) is 3. The van der Waals surface area contributed by atoms with Gasteiger partial charge in [-0.1, -0.05) is 0 Å². The maximum Gasteiger partial charge on any atom is 0.274 e. The first-order valence-corrected chi connectivity index (χ1v) is 8.39. The third kappa shape index (κ3) is 2.67. The van der Waals surface area contributed by atoms with E-state index in [2.05, 4.69) is 10.4 Å². The number of aromatic nitrogens is 2. The molecule has 2 saturated heterocycles. The third-order valence-corrected chi connectivity index (χ3v) is 5.26. The molecule has 0 unspecified atom stereocenters. The summed E-state index contributed by atoms with van der Waals surface area (Å²) in [6.45, 7) is 3.86. The minimum absolute atomic E-state index is 0.0318. The highest BCUT2D eigenvalue weighted by atomic mass is 16.5. The Hall–Kier alpha value is -2.34. The lowest BCUT2D eigenvalue weighted by Crippen LogP contribution is -2.58. The van der Waals surface area contributed by atoms with Crippen LogP contribution in [0.1, 0.15) is 23.3 Å². The summed E-state index contributed by atoms with van der Waals surface area (Å²) in [6, 6.07) is 9.41. The van der Waals surface area contributed by atoms with Crippen LogP contribution in [-0.2, 0) is 0 Å². The van der Waals surface area contributed by atoms with Crippen molar-refractivity contribution < 1.29 is 9.53 Å². The highest BCUT2D eigenvalue weighted by Gasteiger charge is 2.40. The van der Waals surface area contributed by atoms with Gasteiger partial charge in [-0.3, -0.25) is 4.79 Å². The Labute approximate surface area is 141 Å². The molecule has 0 bridgehead atoms. The molecular formula is C18H22N4O2. The second kappa shape index (κ2) is 5.94. The number of ether oxygens (including phenoxy) is 1. The normalized spacial score (nSPS) is 19.1. The molecule has 3 heterocycles. The Kier molecular flexibility index (Phi) is 3.76. The molecule has 1 amide bonds. The number of nitrogens with one attached hydrogen (secondary N) is 1. The zero-order chi connectivity index (χ0) is 16.6. The Morgan fingerprint density at radius 2 is 1.88 bits per heavy atom. The van der Waals surface area contributed by atoms with E-state index in [1.54, 1.807) is 17.9 Å². The molecule has 24 heavy (non-hydrogen) atoms. The number of carbonyl (C=O) groups excluding carboxylic acids is 1. The van der Waals surface area contributed by atoms with Gasteiger partial charge in [-0.2, -0.15) is 5.10 Å². The summed E-state index contributed by atoms with van der Waals surface area (Å²) in [5.74, 6) is 0.833. The van der Waals surface area contributed by atoms with Gasteiger partial charge in [-0.25, -0.2) is 4.68 Å². The van der Waals surface area contributed by atoms with Gasteiger partial charge in [0.25, 0.3) is 5.91 Å². The lowest BCUT2D eigenvalue weighted by Gasteiger charge is -2.48. The molecule has 2 aliphatic rings. The average molecular weight is 326 g/mol. The fourth-order valence-corrected chi connectivity index (χ4v) is 3.50. The van der Waals surface area contributed by atoms with E-state index in [4.69, 9.17) is 4.74 Å². The maximum absolute atomic E-state index is 12.7. The van der Waals surface area contributed by atoms with Crippen molar-refractivity contribution in [1.82, 2.24) is 20.0 Å². The smallest absolute Gasteiger partial charge is 0.274 e. The molecule has 2 aliphatic heterocycles. The van der Waals surface area contributed by atoms with E-state index in [0.717, 1.165) is 50.5 Å². The van der Waals surface area contributed by atoms with Gasteiger partial charge in [0.1, 0.15) is 5.75 Å². The topological polar surface area (TPSA) is 59.4 Å². The quantitative estimate of drug-likeness (QED) is 0.933. The van der Waals surface area contributed by atoms with Crippen LogP contribution in [0.25, 0.3) is 5.69 Å². The maximum atomic E-state index is 12.7. The molecule has 126 valence electrons.